The molecule has 0 unspecified atom stereocenters. The highest BCUT2D eigenvalue weighted by molar-refractivity contribution is 5.89. The molecule has 4 N–H and O–H groups in total. The quantitative estimate of drug-likeness (QED) is 0.544. The minimum atomic E-state index is -1.01. The molecule has 0 aliphatic carbocycles. The summed E-state index contributed by atoms with van der Waals surface area (Å²) < 4.78 is 0. The zero-order valence-corrected chi connectivity index (χ0v) is 15.7. The summed E-state index contributed by atoms with van der Waals surface area (Å²) in [6.07, 6.45) is 0. The van der Waals surface area contributed by atoms with Crippen LogP contribution in [0.5, 0.6) is 0 Å². The Morgan fingerprint density at radius 1 is 0.741 bits per heavy atom. The molecule has 0 aliphatic rings. The average molecular weight is 366 g/mol. The lowest BCUT2D eigenvalue weighted by Crippen LogP contribution is -2.09. The van der Waals surface area contributed by atoms with Crippen LogP contribution in [0.15, 0.2) is 30.3 Å². The van der Waals surface area contributed by atoms with E-state index in [9.17, 15) is 19.8 Å². The van der Waals surface area contributed by atoms with Gasteiger partial charge in [0.15, 0.2) is 0 Å². The summed E-state index contributed by atoms with van der Waals surface area (Å²) in [5.41, 5.74) is 5.81. The molecule has 0 saturated heterocycles. The lowest BCUT2D eigenvalue weighted by atomic mass is 9.88. The smallest absolute Gasteiger partial charge is 0.352 e. The molecular formula is C21H22N2O4. The van der Waals surface area contributed by atoms with Crippen molar-refractivity contribution >= 4 is 11.9 Å². The fourth-order valence-corrected chi connectivity index (χ4v) is 3.55. The first-order chi connectivity index (χ1) is 12.7. The largest absolute Gasteiger partial charge is 0.477 e. The van der Waals surface area contributed by atoms with Gasteiger partial charge in [-0.25, -0.2) is 9.59 Å². The van der Waals surface area contributed by atoms with Crippen LogP contribution in [0, 0.1) is 27.7 Å². The predicted molar refractivity (Wildman–Crippen MR) is 102 cm³/mol. The van der Waals surface area contributed by atoms with Crippen molar-refractivity contribution in [1.29, 1.82) is 0 Å². The Hall–Kier alpha value is -3.28. The summed E-state index contributed by atoms with van der Waals surface area (Å²) in [5, 5.41) is 19.0. The third-order valence-electron chi connectivity index (χ3n) is 5.34. The number of benzene rings is 1. The first-order valence-electron chi connectivity index (χ1n) is 8.63. The van der Waals surface area contributed by atoms with E-state index in [0.29, 0.717) is 11.1 Å². The summed E-state index contributed by atoms with van der Waals surface area (Å²) in [6.45, 7) is 7.31. The number of hydrogen-bond acceptors (Lipinski definition) is 2. The van der Waals surface area contributed by atoms with Gasteiger partial charge in [0.05, 0.1) is 5.92 Å². The molecule has 0 radical (unpaired) electrons. The molecule has 3 rings (SSSR count). The van der Waals surface area contributed by atoms with Gasteiger partial charge in [-0.3, -0.25) is 0 Å². The van der Waals surface area contributed by atoms with Gasteiger partial charge in [0, 0.05) is 11.4 Å². The third-order valence-corrected chi connectivity index (χ3v) is 5.34. The van der Waals surface area contributed by atoms with Gasteiger partial charge >= 0.3 is 11.9 Å². The summed E-state index contributed by atoms with van der Waals surface area (Å²) >= 11 is 0. The van der Waals surface area contributed by atoms with Gasteiger partial charge in [0.2, 0.25) is 0 Å². The molecule has 0 spiro atoms. The lowest BCUT2D eigenvalue weighted by molar-refractivity contribution is 0.0679. The highest BCUT2D eigenvalue weighted by atomic mass is 16.4. The van der Waals surface area contributed by atoms with E-state index in [1.54, 1.807) is 13.8 Å². The number of carboxylic acids is 2. The molecule has 0 aliphatic heterocycles. The minimum Gasteiger partial charge on any atom is -0.477 e. The van der Waals surface area contributed by atoms with Crippen molar-refractivity contribution < 1.29 is 19.8 Å². The normalized spacial score (nSPS) is 11.1. The molecule has 6 nitrogen and oxygen atoms in total. The number of rotatable bonds is 5. The average Bonchev–Trinajstić information content (AvgIpc) is 3.09. The van der Waals surface area contributed by atoms with Crippen LogP contribution in [0.2, 0.25) is 0 Å². The number of carboxylic acid groups (broad SMARTS) is 2. The molecule has 0 atom stereocenters. The lowest BCUT2D eigenvalue weighted by Gasteiger charge is -2.18. The van der Waals surface area contributed by atoms with Gasteiger partial charge in [0.25, 0.3) is 0 Å². The SMILES string of the molecule is Cc1c(C(=O)O)[nH]c(C(c2ccccc2)c2[nH]c(C(=O)O)c(C)c2C)c1C. The molecule has 2 aromatic heterocycles. The van der Waals surface area contributed by atoms with Crippen LogP contribution in [0.3, 0.4) is 0 Å². The van der Waals surface area contributed by atoms with Crippen LogP contribution < -0.4 is 0 Å². The Morgan fingerprint density at radius 2 is 1.15 bits per heavy atom. The van der Waals surface area contributed by atoms with Gasteiger partial charge in [-0.15, -0.1) is 0 Å². The molecule has 0 fully saturated rings. The molecule has 0 saturated carbocycles. The fourth-order valence-electron chi connectivity index (χ4n) is 3.55. The minimum absolute atomic E-state index is 0.155. The van der Waals surface area contributed by atoms with Crippen LogP contribution in [-0.4, -0.2) is 32.1 Å². The molecule has 6 heteroatoms. The van der Waals surface area contributed by atoms with E-state index in [1.807, 2.05) is 44.2 Å². The second kappa shape index (κ2) is 6.79. The van der Waals surface area contributed by atoms with Crippen molar-refractivity contribution in [3.05, 3.63) is 80.9 Å². The Morgan fingerprint density at radius 3 is 1.48 bits per heavy atom. The van der Waals surface area contributed by atoms with Crippen molar-refractivity contribution in [1.82, 2.24) is 9.97 Å². The Labute approximate surface area is 156 Å². The van der Waals surface area contributed by atoms with Crippen molar-refractivity contribution in [2.75, 3.05) is 0 Å². The van der Waals surface area contributed by atoms with E-state index in [1.165, 1.54) is 0 Å². The van der Waals surface area contributed by atoms with Gasteiger partial charge in [-0.1, -0.05) is 30.3 Å². The summed E-state index contributed by atoms with van der Waals surface area (Å²) in [5.74, 6) is -2.36. The number of carbonyl (C=O) groups is 2. The summed E-state index contributed by atoms with van der Waals surface area (Å²) in [6, 6.07) is 9.64. The summed E-state index contributed by atoms with van der Waals surface area (Å²) in [7, 11) is 0. The maximum absolute atomic E-state index is 11.6. The van der Waals surface area contributed by atoms with E-state index in [-0.39, 0.29) is 17.3 Å². The topological polar surface area (TPSA) is 106 Å². The Balaban J connectivity index is 2.30. The number of aromatic carboxylic acids is 2. The highest BCUT2D eigenvalue weighted by Crippen LogP contribution is 2.37. The molecule has 2 heterocycles. The van der Waals surface area contributed by atoms with Crippen molar-refractivity contribution in [2.45, 2.75) is 33.6 Å². The van der Waals surface area contributed by atoms with Crippen LogP contribution in [0.25, 0.3) is 0 Å². The van der Waals surface area contributed by atoms with Gasteiger partial charge in [-0.2, -0.15) is 0 Å². The molecule has 1 aromatic carbocycles. The zero-order valence-electron chi connectivity index (χ0n) is 15.7. The molecule has 0 bridgehead atoms. The Kier molecular flexibility index (Phi) is 4.66. The number of aromatic amines is 2. The third kappa shape index (κ3) is 3.03. The van der Waals surface area contributed by atoms with Crippen LogP contribution in [-0.2, 0) is 0 Å². The first-order valence-corrected chi connectivity index (χ1v) is 8.63. The van der Waals surface area contributed by atoms with Gasteiger partial charge in [0.1, 0.15) is 11.4 Å². The molecule has 3 aromatic rings. The summed E-state index contributed by atoms with van der Waals surface area (Å²) in [4.78, 5) is 29.3. The van der Waals surface area contributed by atoms with Crippen LogP contribution >= 0.6 is 0 Å². The highest BCUT2D eigenvalue weighted by Gasteiger charge is 2.29. The van der Waals surface area contributed by atoms with E-state index >= 15 is 0 Å². The predicted octanol–water partition coefficient (Wildman–Crippen LogP) is 4.15. The van der Waals surface area contributed by atoms with Gasteiger partial charge in [-0.05, 0) is 55.5 Å². The van der Waals surface area contributed by atoms with E-state index in [0.717, 1.165) is 28.1 Å². The number of aromatic nitrogens is 2. The van der Waals surface area contributed by atoms with Gasteiger partial charge < -0.3 is 20.2 Å². The molecule has 140 valence electrons. The Bertz CT molecular complexity index is 964. The standard InChI is InChI=1S/C21H22N2O4/c1-10-12(3)18(20(24)25)22-16(10)15(14-8-6-5-7-9-14)17-11(2)13(4)19(23-17)21(26)27/h5-9,15,22-23H,1-4H3,(H,24,25)(H,26,27). The van der Waals surface area contributed by atoms with Crippen molar-refractivity contribution in [2.24, 2.45) is 0 Å². The van der Waals surface area contributed by atoms with Crippen LogP contribution in [0.1, 0.15) is 66.1 Å². The molecular weight excluding hydrogens is 344 g/mol. The second-order valence-corrected chi connectivity index (χ2v) is 6.78. The molecule has 27 heavy (non-hydrogen) atoms. The fraction of sp³-hybridized carbons (Fsp3) is 0.238. The number of H-pyrrole nitrogens is 2. The first kappa shape index (κ1) is 18.5. The van der Waals surface area contributed by atoms with Crippen molar-refractivity contribution in [3.8, 4) is 0 Å². The van der Waals surface area contributed by atoms with E-state index in [4.69, 9.17) is 0 Å². The number of hydrogen-bond donors (Lipinski definition) is 4. The second-order valence-electron chi connectivity index (χ2n) is 6.78. The zero-order chi connectivity index (χ0) is 19.9. The van der Waals surface area contributed by atoms with Crippen LogP contribution in [0.4, 0.5) is 0 Å². The monoisotopic (exact) mass is 366 g/mol. The maximum Gasteiger partial charge on any atom is 0.352 e. The van der Waals surface area contributed by atoms with E-state index < -0.39 is 11.9 Å². The van der Waals surface area contributed by atoms with Crippen molar-refractivity contribution in [3.63, 3.8) is 0 Å². The molecule has 0 amide bonds. The van der Waals surface area contributed by atoms with E-state index in [2.05, 4.69) is 9.97 Å². The maximum atomic E-state index is 11.6. The number of nitrogens with one attached hydrogen (secondary N) is 2.